The second kappa shape index (κ2) is 8.50. The maximum atomic E-state index is 13.1. The Morgan fingerprint density at radius 2 is 1.70 bits per heavy atom. The molecule has 3 rings (SSSR count). The molecule has 148 valence electrons. The van der Waals surface area contributed by atoms with E-state index in [9.17, 15) is 9.59 Å². The van der Waals surface area contributed by atoms with Crippen LogP contribution in [0.3, 0.4) is 0 Å². The normalized spacial score (nSPS) is 21.9. The third-order valence-electron chi connectivity index (χ3n) is 5.64. The third-order valence-corrected chi connectivity index (χ3v) is 5.64. The Balaban J connectivity index is 1.80. The lowest BCUT2D eigenvalue weighted by atomic mass is 9.75. The number of ether oxygens (including phenoxy) is 3. The molecular weight excluding hydrogens is 348 g/mol. The third kappa shape index (κ3) is 4.28. The van der Waals surface area contributed by atoms with Gasteiger partial charge in [-0.05, 0) is 36.8 Å². The zero-order valence-corrected chi connectivity index (χ0v) is 16.0. The molecule has 1 saturated carbocycles. The summed E-state index contributed by atoms with van der Waals surface area (Å²) in [5.41, 5.74) is 5.64. The number of likely N-dealkylation sites (tertiary alicyclic amines) is 1. The van der Waals surface area contributed by atoms with Gasteiger partial charge in [-0.25, -0.2) is 0 Å². The molecule has 2 aliphatic rings. The van der Waals surface area contributed by atoms with Gasteiger partial charge in [0.2, 0.25) is 5.75 Å². The minimum atomic E-state index is -0.602. The van der Waals surface area contributed by atoms with Gasteiger partial charge in [-0.15, -0.1) is 0 Å². The summed E-state index contributed by atoms with van der Waals surface area (Å²) in [5, 5.41) is 0. The van der Waals surface area contributed by atoms with Crippen LogP contribution in [0.15, 0.2) is 12.1 Å². The molecule has 2 fully saturated rings. The van der Waals surface area contributed by atoms with Crippen molar-refractivity contribution in [2.45, 2.75) is 32.1 Å². The molecule has 1 aromatic carbocycles. The summed E-state index contributed by atoms with van der Waals surface area (Å²) in [6.45, 7) is 1.30. The van der Waals surface area contributed by atoms with Crippen molar-refractivity contribution in [3.63, 3.8) is 0 Å². The smallest absolute Gasteiger partial charge is 0.255 e. The van der Waals surface area contributed by atoms with Crippen molar-refractivity contribution in [1.82, 2.24) is 4.90 Å². The van der Waals surface area contributed by atoms with Gasteiger partial charge in [0.15, 0.2) is 18.1 Å². The summed E-state index contributed by atoms with van der Waals surface area (Å²) in [4.78, 5) is 26.0. The van der Waals surface area contributed by atoms with Gasteiger partial charge in [0.05, 0.1) is 14.2 Å². The molecule has 0 bridgehead atoms. The van der Waals surface area contributed by atoms with E-state index in [1.807, 2.05) is 4.90 Å². The number of hydrogen-bond donors (Lipinski definition) is 1. The first-order valence-electron chi connectivity index (χ1n) is 9.50. The van der Waals surface area contributed by atoms with Crippen LogP contribution in [-0.4, -0.2) is 50.6 Å². The Bertz CT molecular complexity index is 681. The minimum absolute atomic E-state index is 0.0305. The number of carbonyl (C=O) groups excluding carboxylic acids is 2. The first-order valence-corrected chi connectivity index (χ1v) is 9.50. The Kier molecular flexibility index (Phi) is 6.08. The molecule has 1 heterocycles. The van der Waals surface area contributed by atoms with Crippen LogP contribution in [0.4, 0.5) is 0 Å². The van der Waals surface area contributed by atoms with Gasteiger partial charge in [-0.2, -0.15) is 0 Å². The van der Waals surface area contributed by atoms with E-state index < -0.39 is 5.91 Å². The lowest BCUT2D eigenvalue weighted by Gasteiger charge is -2.41. The van der Waals surface area contributed by atoms with E-state index in [-0.39, 0.29) is 18.3 Å². The van der Waals surface area contributed by atoms with Gasteiger partial charge in [0.25, 0.3) is 11.8 Å². The van der Waals surface area contributed by atoms with Crippen molar-refractivity contribution < 1.29 is 23.8 Å². The van der Waals surface area contributed by atoms with Crippen molar-refractivity contribution >= 4 is 11.8 Å². The fraction of sp³-hybridized carbons (Fsp3) is 0.600. The molecule has 0 spiro atoms. The average molecular weight is 376 g/mol. The molecule has 1 aromatic rings. The predicted octanol–water partition coefficient (Wildman–Crippen LogP) is 2.22. The fourth-order valence-corrected chi connectivity index (χ4v) is 4.26. The highest BCUT2D eigenvalue weighted by Crippen LogP contribution is 2.40. The number of rotatable bonds is 6. The molecule has 7 heteroatoms. The molecule has 0 unspecified atom stereocenters. The monoisotopic (exact) mass is 376 g/mol. The second-order valence-electron chi connectivity index (χ2n) is 7.31. The molecule has 2 atom stereocenters. The van der Waals surface area contributed by atoms with Crippen LogP contribution in [0.2, 0.25) is 0 Å². The van der Waals surface area contributed by atoms with Gasteiger partial charge < -0.3 is 24.8 Å². The number of fused-ring (bicyclic) bond motifs is 1. The topological polar surface area (TPSA) is 91.1 Å². The lowest BCUT2D eigenvalue weighted by Crippen LogP contribution is -2.44. The van der Waals surface area contributed by atoms with Crippen LogP contribution in [0.25, 0.3) is 0 Å². The fourth-order valence-electron chi connectivity index (χ4n) is 4.26. The molecule has 2 amide bonds. The molecule has 1 saturated heterocycles. The van der Waals surface area contributed by atoms with E-state index in [0.717, 1.165) is 25.4 Å². The standard InChI is InChI=1S/C20H28N2O5/c1-25-16-9-15(10-17(26-2)19(16)27-12-18(21)23)20(24)22-8-7-13-5-3-4-6-14(13)11-22/h9-10,13-14H,3-8,11-12H2,1-2H3,(H2,21,23)/t13-,14+/m0/s1. The number of nitrogens with zero attached hydrogens (tertiary/aromatic N) is 1. The molecule has 2 N–H and O–H groups in total. The molecular formula is C20H28N2O5. The summed E-state index contributed by atoms with van der Waals surface area (Å²) in [5.74, 6) is 1.68. The molecule has 1 aliphatic carbocycles. The summed E-state index contributed by atoms with van der Waals surface area (Å²) >= 11 is 0. The van der Waals surface area contributed by atoms with Crippen molar-refractivity contribution in [2.75, 3.05) is 33.9 Å². The Hall–Kier alpha value is -2.44. The van der Waals surface area contributed by atoms with Crippen LogP contribution < -0.4 is 19.9 Å². The highest BCUT2D eigenvalue weighted by molar-refractivity contribution is 5.95. The molecule has 1 aliphatic heterocycles. The van der Waals surface area contributed by atoms with Crippen LogP contribution in [0.5, 0.6) is 17.2 Å². The quantitative estimate of drug-likeness (QED) is 0.822. The number of benzene rings is 1. The van der Waals surface area contributed by atoms with Gasteiger partial charge in [0.1, 0.15) is 0 Å². The van der Waals surface area contributed by atoms with E-state index in [1.54, 1.807) is 12.1 Å². The minimum Gasteiger partial charge on any atom is -0.493 e. The van der Waals surface area contributed by atoms with E-state index in [4.69, 9.17) is 19.9 Å². The summed E-state index contributed by atoms with van der Waals surface area (Å²) in [6, 6.07) is 3.27. The van der Waals surface area contributed by atoms with Crippen molar-refractivity contribution in [3.05, 3.63) is 17.7 Å². The maximum absolute atomic E-state index is 13.1. The van der Waals surface area contributed by atoms with E-state index >= 15 is 0 Å². The van der Waals surface area contributed by atoms with E-state index in [0.29, 0.717) is 23.0 Å². The van der Waals surface area contributed by atoms with Crippen molar-refractivity contribution in [2.24, 2.45) is 17.6 Å². The number of nitrogens with two attached hydrogens (primary N) is 1. The van der Waals surface area contributed by atoms with Crippen LogP contribution in [0, 0.1) is 11.8 Å². The Labute approximate surface area is 159 Å². The highest BCUT2D eigenvalue weighted by Gasteiger charge is 2.33. The lowest BCUT2D eigenvalue weighted by molar-refractivity contribution is -0.120. The van der Waals surface area contributed by atoms with Gasteiger partial charge >= 0.3 is 0 Å². The molecule has 27 heavy (non-hydrogen) atoms. The van der Waals surface area contributed by atoms with Crippen LogP contribution in [-0.2, 0) is 4.79 Å². The molecule has 7 nitrogen and oxygen atoms in total. The first kappa shape index (κ1) is 19.3. The van der Waals surface area contributed by atoms with Gasteiger partial charge in [0, 0.05) is 18.7 Å². The van der Waals surface area contributed by atoms with Gasteiger partial charge in [-0.3, -0.25) is 9.59 Å². The van der Waals surface area contributed by atoms with E-state index in [1.165, 1.54) is 39.9 Å². The predicted molar refractivity (Wildman–Crippen MR) is 100 cm³/mol. The number of carbonyl (C=O) groups is 2. The highest BCUT2D eigenvalue weighted by atomic mass is 16.5. The zero-order valence-electron chi connectivity index (χ0n) is 16.0. The molecule has 0 aromatic heterocycles. The maximum Gasteiger partial charge on any atom is 0.255 e. The number of piperidine rings is 1. The first-order chi connectivity index (χ1) is 13.0. The van der Waals surface area contributed by atoms with E-state index in [2.05, 4.69) is 0 Å². The Morgan fingerprint density at radius 3 is 2.30 bits per heavy atom. The number of methoxy groups -OCH3 is 2. The SMILES string of the molecule is COc1cc(C(=O)N2CC[C@@H]3CCCC[C@@H]3C2)cc(OC)c1OCC(N)=O. The summed E-state index contributed by atoms with van der Waals surface area (Å²) < 4.78 is 16.1. The molecule has 0 radical (unpaired) electrons. The number of hydrogen-bond acceptors (Lipinski definition) is 5. The largest absolute Gasteiger partial charge is 0.493 e. The average Bonchev–Trinajstić information content (AvgIpc) is 2.70. The second-order valence-corrected chi connectivity index (χ2v) is 7.31. The summed E-state index contributed by atoms with van der Waals surface area (Å²) in [7, 11) is 2.96. The Morgan fingerprint density at radius 1 is 1.07 bits per heavy atom. The summed E-state index contributed by atoms with van der Waals surface area (Å²) in [6.07, 6.45) is 6.15. The zero-order chi connectivity index (χ0) is 19.4. The number of amides is 2. The van der Waals surface area contributed by atoms with Crippen LogP contribution >= 0.6 is 0 Å². The van der Waals surface area contributed by atoms with Crippen LogP contribution in [0.1, 0.15) is 42.5 Å². The van der Waals surface area contributed by atoms with Crippen molar-refractivity contribution in [1.29, 1.82) is 0 Å². The van der Waals surface area contributed by atoms with Gasteiger partial charge in [-0.1, -0.05) is 19.3 Å². The number of primary amides is 1. The van der Waals surface area contributed by atoms with Crippen molar-refractivity contribution in [3.8, 4) is 17.2 Å².